The number of carbonyl (C=O) groups is 2. The summed E-state index contributed by atoms with van der Waals surface area (Å²) >= 11 is 0. The Balaban J connectivity index is 1.53. The molecule has 110 valence electrons. The van der Waals surface area contributed by atoms with Gasteiger partial charge in [0.25, 0.3) is 5.91 Å². The number of hydrogen-bond acceptors (Lipinski definition) is 2. The van der Waals surface area contributed by atoms with E-state index < -0.39 is 0 Å². The van der Waals surface area contributed by atoms with Crippen LogP contribution in [0.1, 0.15) is 41.6 Å². The van der Waals surface area contributed by atoms with Gasteiger partial charge in [0.15, 0.2) is 0 Å². The molecule has 2 saturated carbocycles. The Kier molecular flexibility index (Phi) is 2.98. The second-order valence-corrected chi connectivity index (χ2v) is 6.69. The number of carbonyl (C=O) groups excluding carboxylic acids is 2. The van der Waals surface area contributed by atoms with Gasteiger partial charge in [0.05, 0.1) is 6.42 Å². The molecule has 2 aliphatic carbocycles. The summed E-state index contributed by atoms with van der Waals surface area (Å²) in [4.78, 5) is 26.2. The van der Waals surface area contributed by atoms with Gasteiger partial charge < -0.3 is 10.2 Å². The predicted molar refractivity (Wildman–Crippen MR) is 80.1 cm³/mol. The highest BCUT2D eigenvalue weighted by Crippen LogP contribution is 2.34. The van der Waals surface area contributed by atoms with Crippen molar-refractivity contribution >= 4 is 17.5 Å². The van der Waals surface area contributed by atoms with Crippen molar-refractivity contribution in [3.63, 3.8) is 0 Å². The third-order valence-corrected chi connectivity index (χ3v) is 4.62. The summed E-state index contributed by atoms with van der Waals surface area (Å²) in [7, 11) is 0. The number of nitrogens with one attached hydrogen (secondary N) is 1. The van der Waals surface area contributed by atoms with Gasteiger partial charge in [-0.3, -0.25) is 9.59 Å². The number of nitrogens with zero attached hydrogens (tertiary/aromatic N) is 1. The molecule has 4 rings (SSSR count). The zero-order valence-electron chi connectivity index (χ0n) is 12.1. The number of fused-ring (bicyclic) bond motifs is 1. The fraction of sp³-hybridized carbons (Fsp3) is 0.529. The summed E-state index contributed by atoms with van der Waals surface area (Å²) in [5.41, 5.74) is 2.51. The molecule has 2 fully saturated rings. The van der Waals surface area contributed by atoms with Crippen LogP contribution < -0.4 is 5.32 Å². The van der Waals surface area contributed by atoms with Crippen LogP contribution in [0.3, 0.4) is 0 Å². The van der Waals surface area contributed by atoms with E-state index in [2.05, 4.69) is 5.32 Å². The summed E-state index contributed by atoms with van der Waals surface area (Å²) < 4.78 is 0. The van der Waals surface area contributed by atoms with Crippen molar-refractivity contribution in [2.75, 3.05) is 18.4 Å². The van der Waals surface area contributed by atoms with E-state index >= 15 is 0 Å². The lowest BCUT2D eigenvalue weighted by Gasteiger charge is -2.23. The molecule has 1 heterocycles. The number of anilines is 1. The lowest BCUT2D eigenvalue weighted by atomic mass is 10.1. The fourth-order valence-electron chi connectivity index (χ4n) is 2.99. The molecular formula is C17H20N2O2. The Hall–Kier alpha value is -1.84. The van der Waals surface area contributed by atoms with Crippen LogP contribution in [0.15, 0.2) is 18.2 Å². The topological polar surface area (TPSA) is 49.4 Å². The molecule has 0 radical (unpaired) electrons. The molecule has 0 saturated heterocycles. The minimum atomic E-state index is 0.0161. The third-order valence-electron chi connectivity index (χ3n) is 4.62. The van der Waals surface area contributed by atoms with Gasteiger partial charge >= 0.3 is 0 Å². The molecule has 1 N–H and O–H groups in total. The van der Waals surface area contributed by atoms with Crippen LogP contribution in [0.2, 0.25) is 0 Å². The van der Waals surface area contributed by atoms with Gasteiger partial charge in [0.2, 0.25) is 5.91 Å². The first-order valence-corrected chi connectivity index (χ1v) is 7.91. The molecule has 0 spiro atoms. The maximum absolute atomic E-state index is 12.8. The zero-order valence-corrected chi connectivity index (χ0v) is 12.1. The number of hydrogen-bond donors (Lipinski definition) is 1. The summed E-state index contributed by atoms with van der Waals surface area (Å²) in [5, 5.41) is 2.83. The lowest BCUT2D eigenvalue weighted by Crippen LogP contribution is -2.34. The number of amides is 2. The first-order valence-electron chi connectivity index (χ1n) is 7.91. The zero-order chi connectivity index (χ0) is 14.4. The Labute approximate surface area is 124 Å². The lowest BCUT2D eigenvalue weighted by molar-refractivity contribution is -0.115. The maximum Gasteiger partial charge on any atom is 0.253 e. The van der Waals surface area contributed by atoms with Crippen molar-refractivity contribution < 1.29 is 9.59 Å². The minimum Gasteiger partial charge on any atom is -0.338 e. The monoisotopic (exact) mass is 284 g/mol. The van der Waals surface area contributed by atoms with Crippen LogP contribution in [-0.4, -0.2) is 29.8 Å². The van der Waals surface area contributed by atoms with Gasteiger partial charge in [0.1, 0.15) is 0 Å². The molecule has 0 bridgehead atoms. The van der Waals surface area contributed by atoms with E-state index in [0.29, 0.717) is 23.8 Å². The quantitative estimate of drug-likeness (QED) is 0.903. The highest BCUT2D eigenvalue weighted by atomic mass is 16.2. The van der Waals surface area contributed by atoms with E-state index in [4.69, 9.17) is 0 Å². The predicted octanol–water partition coefficient (Wildman–Crippen LogP) is 2.44. The molecule has 4 nitrogen and oxygen atoms in total. The Morgan fingerprint density at radius 3 is 2.43 bits per heavy atom. The minimum absolute atomic E-state index is 0.0161. The van der Waals surface area contributed by atoms with E-state index in [1.165, 1.54) is 25.7 Å². The number of benzene rings is 1. The van der Waals surface area contributed by atoms with Gasteiger partial charge in [0, 0.05) is 24.3 Å². The van der Waals surface area contributed by atoms with Crippen molar-refractivity contribution in [2.24, 2.45) is 11.8 Å². The Bertz CT molecular complexity index is 589. The van der Waals surface area contributed by atoms with Crippen molar-refractivity contribution in [3.8, 4) is 0 Å². The van der Waals surface area contributed by atoms with E-state index in [1.54, 1.807) is 0 Å². The van der Waals surface area contributed by atoms with Gasteiger partial charge in [-0.15, -0.1) is 0 Å². The van der Waals surface area contributed by atoms with Gasteiger partial charge in [-0.1, -0.05) is 6.07 Å². The summed E-state index contributed by atoms with van der Waals surface area (Å²) in [6.07, 6.45) is 5.46. The molecule has 3 aliphatic rings. The average molecular weight is 284 g/mol. The van der Waals surface area contributed by atoms with Crippen LogP contribution >= 0.6 is 0 Å². The smallest absolute Gasteiger partial charge is 0.253 e. The highest BCUT2D eigenvalue weighted by molar-refractivity contribution is 6.02. The number of rotatable bonds is 5. The van der Waals surface area contributed by atoms with Gasteiger partial charge in [-0.05, 0) is 55.2 Å². The van der Waals surface area contributed by atoms with Crippen molar-refractivity contribution in [2.45, 2.75) is 32.1 Å². The largest absolute Gasteiger partial charge is 0.338 e. The SMILES string of the molecule is O=C1Cc2ccc(C(=O)N(CC3CC3)CC3CC3)cc2N1. The average Bonchev–Trinajstić information content (AvgIpc) is 3.37. The highest BCUT2D eigenvalue weighted by Gasteiger charge is 2.32. The normalized spacial score (nSPS) is 20.1. The second kappa shape index (κ2) is 4.86. The molecule has 0 atom stereocenters. The first-order chi connectivity index (χ1) is 10.2. The van der Waals surface area contributed by atoms with Crippen LogP contribution in [-0.2, 0) is 11.2 Å². The molecule has 2 amide bonds. The van der Waals surface area contributed by atoms with Crippen molar-refractivity contribution in [1.29, 1.82) is 0 Å². The van der Waals surface area contributed by atoms with E-state index in [9.17, 15) is 9.59 Å². The van der Waals surface area contributed by atoms with Crippen molar-refractivity contribution in [1.82, 2.24) is 4.90 Å². The molecule has 21 heavy (non-hydrogen) atoms. The molecule has 1 aromatic rings. The van der Waals surface area contributed by atoms with Crippen LogP contribution in [0.25, 0.3) is 0 Å². The first kappa shape index (κ1) is 12.9. The van der Waals surface area contributed by atoms with E-state index in [1.807, 2.05) is 23.1 Å². The van der Waals surface area contributed by atoms with Crippen LogP contribution in [0, 0.1) is 11.8 Å². The van der Waals surface area contributed by atoms with Gasteiger partial charge in [-0.25, -0.2) is 0 Å². The fourth-order valence-corrected chi connectivity index (χ4v) is 2.99. The van der Waals surface area contributed by atoms with Crippen molar-refractivity contribution in [3.05, 3.63) is 29.3 Å². The molecule has 1 aliphatic heterocycles. The van der Waals surface area contributed by atoms with Gasteiger partial charge in [-0.2, -0.15) is 0 Å². The molecular weight excluding hydrogens is 264 g/mol. The molecule has 4 heteroatoms. The van der Waals surface area contributed by atoms with Crippen LogP contribution in [0.5, 0.6) is 0 Å². The summed E-state index contributed by atoms with van der Waals surface area (Å²) in [6.45, 7) is 1.80. The third kappa shape index (κ3) is 2.80. The second-order valence-electron chi connectivity index (χ2n) is 6.69. The Morgan fingerprint density at radius 1 is 1.14 bits per heavy atom. The molecule has 1 aromatic carbocycles. The summed E-state index contributed by atoms with van der Waals surface area (Å²) in [5.74, 6) is 1.56. The summed E-state index contributed by atoms with van der Waals surface area (Å²) in [6, 6.07) is 5.62. The molecule has 0 aromatic heterocycles. The Morgan fingerprint density at radius 2 is 1.81 bits per heavy atom. The standard InChI is InChI=1S/C17H20N2O2/c20-16-8-13-5-6-14(7-15(13)18-16)17(21)19(9-11-1-2-11)10-12-3-4-12/h5-7,11-12H,1-4,8-10H2,(H,18,20). The van der Waals surface area contributed by atoms with E-state index in [0.717, 1.165) is 24.3 Å². The maximum atomic E-state index is 12.8. The molecule has 0 unspecified atom stereocenters. The van der Waals surface area contributed by atoms with E-state index in [-0.39, 0.29) is 11.8 Å². The van der Waals surface area contributed by atoms with Crippen LogP contribution in [0.4, 0.5) is 5.69 Å².